The Morgan fingerprint density at radius 1 is 1.38 bits per heavy atom. The Bertz CT molecular complexity index is 369. The van der Waals surface area contributed by atoms with Gasteiger partial charge in [-0.05, 0) is 20.0 Å². The van der Waals surface area contributed by atoms with E-state index in [0.717, 1.165) is 6.54 Å². The molecular weight excluding hydrogens is 230 g/mol. The van der Waals surface area contributed by atoms with Gasteiger partial charge in [-0.1, -0.05) is 11.6 Å². The molecule has 0 bridgehead atoms. The van der Waals surface area contributed by atoms with Crippen LogP contribution in [0, 0.1) is 0 Å². The molecule has 0 unspecified atom stereocenters. The largest absolute Gasteiger partial charge is 0.507 e. The Morgan fingerprint density at radius 3 is 2.56 bits per heavy atom. The number of halogens is 1. The summed E-state index contributed by atoms with van der Waals surface area (Å²) in [4.78, 5) is 0. The summed E-state index contributed by atoms with van der Waals surface area (Å²) in [7, 11) is 4.86. The molecule has 1 rings (SSSR count). The minimum Gasteiger partial charge on any atom is -0.507 e. The van der Waals surface area contributed by atoms with Crippen LogP contribution >= 0.6 is 11.6 Å². The average Bonchev–Trinajstić information content (AvgIpc) is 2.28. The van der Waals surface area contributed by atoms with E-state index < -0.39 is 0 Å². The number of benzene rings is 1. The number of methoxy groups -OCH3 is 2. The van der Waals surface area contributed by atoms with Gasteiger partial charge in [-0.15, -0.1) is 0 Å². The molecule has 0 saturated heterocycles. The van der Waals surface area contributed by atoms with E-state index >= 15 is 0 Å². The van der Waals surface area contributed by atoms with Gasteiger partial charge in [-0.3, -0.25) is 0 Å². The normalized spacial score (nSPS) is 10.2. The molecule has 16 heavy (non-hydrogen) atoms. The van der Waals surface area contributed by atoms with E-state index in [4.69, 9.17) is 21.1 Å². The summed E-state index contributed by atoms with van der Waals surface area (Å²) in [6, 6.07) is 1.51. The molecular formula is C11H16ClNO3. The van der Waals surface area contributed by atoms with Gasteiger partial charge in [0.25, 0.3) is 0 Å². The van der Waals surface area contributed by atoms with E-state index in [1.807, 2.05) is 7.05 Å². The van der Waals surface area contributed by atoms with Crippen LogP contribution in [-0.4, -0.2) is 32.9 Å². The quantitative estimate of drug-likeness (QED) is 0.831. The summed E-state index contributed by atoms with van der Waals surface area (Å²) < 4.78 is 10.2. The third-order valence-corrected chi connectivity index (χ3v) is 2.71. The molecule has 0 aromatic heterocycles. The maximum atomic E-state index is 9.80. The van der Waals surface area contributed by atoms with Crippen LogP contribution in [0.4, 0.5) is 0 Å². The number of likely N-dealkylation sites (N-methyl/N-ethyl adjacent to an activating group) is 1. The molecule has 0 atom stereocenters. The highest BCUT2D eigenvalue weighted by atomic mass is 35.5. The van der Waals surface area contributed by atoms with Crippen LogP contribution < -0.4 is 14.8 Å². The zero-order valence-electron chi connectivity index (χ0n) is 9.63. The number of rotatable bonds is 5. The summed E-state index contributed by atoms with van der Waals surface area (Å²) in [6.07, 6.45) is 0.627. The lowest BCUT2D eigenvalue weighted by Crippen LogP contribution is -2.11. The number of phenols is 1. The van der Waals surface area contributed by atoms with Gasteiger partial charge in [0.15, 0.2) is 11.5 Å². The van der Waals surface area contributed by atoms with Crippen LogP contribution in [0.5, 0.6) is 17.2 Å². The third-order valence-electron chi connectivity index (χ3n) is 2.31. The summed E-state index contributed by atoms with van der Waals surface area (Å²) in [6.45, 7) is 0.725. The predicted molar refractivity (Wildman–Crippen MR) is 63.9 cm³/mol. The standard InChI is InChI=1S/C11H16ClNO3/c1-13-5-4-7-8(14)6-9(15-2)11(16-3)10(7)12/h6,13-14H,4-5H2,1-3H3. The highest BCUT2D eigenvalue weighted by molar-refractivity contribution is 6.33. The number of nitrogens with one attached hydrogen (secondary N) is 1. The topological polar surface area (TPSA) is 50.7 Å². The second-order valence-corrected chi connectivity index (χ2v) is 3.66. The maximum absolute atomic E-state index is 9.80. The van der Waals surface area contributed by atoms with Crippen molar-refractivity contribution in [2.45, 2.75) is 6.42 Å². The Kier molecular flexibility index (Phi) is 4.71. The van der Waals surface area contributed by atoms with Crippen molar-refractivity contribution >= 4 is 11.6 Å². The molecule has 1 aromatic rings. The lowest BCUT2D eigenvalue weighted by molar-refractivity contribution is 0.350. The van der Waals surface area contributed by atoms with E-state index in [9.17, 15) is 5.11 Å². The maximum Gasteiger partial charge on any atom is 0.179 e. The van der Waals surface area contributed by atoms with Gasteiger partial charge in [0.05, 0.1) is 19.2 Å². The highest BCUT2D eigenvalue weighted by Gasteiger charge is 2.17. The van der Waals surface area contributed by atoms with Crippen LogP contribution in [0.2, 0.25) is 5.02 Å². The SMILES string of the molecule is CNCCc1c(O)cc(OC)c(OC)c1Cl. The van der Waals surface area contributed by atoms with Crippen molar-refractivity contribution in [1.29, 1.82) is 0 Å². The zero-order chi connectivity index (χ0) is 12.1. The number of hydrogen-bond acceptors (Lipinski definition) is 4. The lowest BCUT2D eigenvalue weighted by Gasteiger charge is -2.14. The van der Waals surface area contributed by atoms with Crippen molar-refractivity contribution in [3.8, 4) is 17.2 Å². The minimum absolute atomic E-state index is 0.123. The molecule has 90 valence electrons. The molecule has 5 heteroatoms. The zero-order valence-corrected chi connectivity index (χ0v) is 10.4. The molecule has 0 amide bonds. The molecule has 4 nitrogen and oxygen atoms in total. The molecule has 0 spiro atoms. The Morgan fingerprint density at radius 2 is 2.06 bits per heavy atom. The first-order valence-corrected chi connectivity index (χ1v) is 5.30. The lowest BCUT2D eigenvalue weighted by atomic mass is 10.1. The number of phenolic OH excluding ortho intramolecular Hbond substituents is 1. The number of hydrogen-bond donors (Lipinski definition) is 2. The Hall–Kier alpha value is -1.13. The van der Waals surface area contributed by atoms with E-state index in [-0.39, 0.29) is 5.75 Å². The Labute approximate surface area is 100 Å². The van der Waals surface area contributed by atoms with Crippen LogP contribution in [-0.2, 0) is 6.42 Å². The molecule has 0 aliphatic carbocycles. The van der Waals surface area contributed by atoms with Crippen LogP contribution in [0.15, 0.2) is 6.07 Å². The number of aromatic hydroxyl groups is 1. The molecule has 1 aromatic carbocycles. The van der Waals surface area contributed by atoms with Gasteiger partial charge in [0, 0.05) is 11.6 Å². The van der Waals surface area contributed by atoms with Gasteiger partial charge in [-0.25, -0.2) is 0 Å². The molecule has 2 N–H and O–H groups in total. The molecule has 0 saturated carbocycles. The first-order valence-electron chi connectivity index (χ1n) is 4.92. The van der Waals surface area contributed by atoms with Crippen molar-refractivity contribution in [2.75, 3.05) is 27.8 Å². The van der Waals surface area contributed by atoms with Gasteiger partial charge in [-0.2, -0.15) is 0 Å². The van der Waals surface area contributed by atoms with Crippen molar-refractivity contribution in [2.24, 2.45) is 0 Å². The first kappa shape index (κ1) is 12.9. The van der Waals surface area contributed by atoms with E-state index in [2.05, 4.69) is 5.32 Å². The Balaban J connectivity index is 3.18. The molecule has 0 radical (unpaired) electrons. The molecule has 0 heterocycles. The van der Waals surface area contributed by atoms with Gasteiger partial charge >= 0.3 is 0 Å². The minimum atomic E-state index is 0.123. The second-order valence-electron chi connectivity index (χ2n) is 3.28. The van der Waals surface area contributed by atoms with Crippen LogP contribution in [0.3, 0.4) is 0 Å². The highest BCUT2D eigenvalue weighted by Crippen LogP contribution is 2.42. The van der Waals surface area contributed by atoms with Crippen LogP contribution in [0.25, 0.3) is 0 Å². The van der Waals surface area contributed by atoms with Gasteiger partial charge in [0.1, 0.15) is 5.75 Å². The fourth-order valence-corrected chi connectivity index (χ4v) is 1.83. The van der Waals surface area contributed by atoms with E-state index in [1.165, 1.54) is 20.3 Å². The second kappa shape index (κ2) is 5.82. The fourth-order valence-electron chi connectivity index (χ4n) is 1.46. The average molecular weight is 246 g/mol. The summed E-state index contributed by atoms with van der Waals surface area (Å²) in [5.74, 6) is 1.00. The van der Waals surface area contributed by atoms with Gasteiger partial charge < -0.3 is 19.9 Å². The smallest absolute Gasteiger partial charge is 0.179 e. The monoisotopic (exact) mass is 245 g/mol. The van der Waals surface area contributed by atoms with Crippen molar-refractivity contribution < 1.29 is 14.6 Å². The predicted octanol–water partition coefficient (Wildman–Crippen LogP) is 1.82. The summed E-state index contributed by atoms with van der Waals surface area (Å²) in [5, 5.41) is 13.2. The third kappa shape index (κ3) is 2.51. The van der Waals surface area contributed by atoms with E-state index in [1.54, 1.807) is 0 Å². The molecule has 0 aliphatic heterocycles. The molecule has 0 aliphatic rings. The fraction of sp³-hybridized carbons (Fsp3) is 0.455. The summed E-state index contributed by atoms with van der Waals surface area (Å²) >= 11 is 6.14. The van der Waals surface area contributed by atoms with Gasteiger partial charge in [0.2, 0.25) is 0 Å². The molecule has 0 fully saturated rings. The number of ether oxygens (including phenoxy) is 2. The summed E-state index contributed by atoms with van der Waals surface area (Å²) in [5.41, 5.74) is 0.661. The first-order chi connectivity index (χ1) is 7.65. The van der Waals surface area contributed by atoms with E-state index in [0.29, 0.717) is 28.5 Å². The van der Waals surface area contributed by atoms with Crippen molar-refractivity contribution in [3.63, 3.8) is 0 Å². The van der Waals surface area contributed by atoms with Crippen molar-refractivity contribution in [3.05, 3.63) is 16.7 Å². The van der Waals surface area contributed by atoms with Crippen LogP contribution in [0.1, 0.15) is 5.56 Å². The van der Waals surface area contributed by atoms with Crippen molar-refractivity contribution in [1.82, 2.24) is 5.32 Å².